The molecule has 2 aromatic rings. The van der Waals surface area contributed by atoms with Gasteiger partial charge in [0.05, 0.1) is 23.2 Å². The van der Waals surface area contributed by atoms with Gasteiger partial charge in [0.25, 0.3) is 5.91 Å². The van der Waals surface area contributed by atoms with Gasteiger partial charge in [-0.2, -0.15) is 0 Å². The molecule has 2 aliphatic rings. The van der Waals surface area contributed by atoms with Gasteiger partial charge in [-0.1, -0.05) is 23.7 Å². The summed E-state index contributed by atoms with van der Waals surface area (Å²) in [6, 6.07) is 4.25. The number of aromatic nitrogens is 1. The number of piperidine rings is 1. The van der Waals surface area contributed by atoms with Crippen LogP contribution in [-0.4, -0.2) is 58.8 Å². The van der Waals surface area contributed by atoms with Gasteiger partial charge in [0, 0.05) is 26.3 Å². The Morgan fingerprint density at radius 3 is 2.82 bits per heavy atom. The van der Waals surface area contributed by atoms with Crippen molar-refractivity contribution in [1.82, 2.24) is 9.58 Å². The minimum Gasteiger partial charge on any atom is -0.502 e. The fraction of sp³-hybridized carbons (Fsp3) is 0.458. The number of hydrogen-bond donors (Lipinski definition) is 1. The lowest BCUT2D eigenvalue weighted by Crippen LogP contribution is -2.65. The molecule has 0 bridgehead atoms. The van der Waals surface area contributed by atoms with Crippen molar-refractivity contribution in [3.8, 4) is 5.75 Å². The molecule has 0 aliphatic carbocycles. The summed E-state index contributed by atoms with van der Waals surface area (Å²) >= 11 is 5.81. The molecule has 34 heavy (non-hydrogen) atoms. The van der Waals surface area contributed by atoms with Crippen molar-refractivity contribution < 1.29 is 23.8 Å². The second kappa shape index (κ2) is 9.76. The number of carbonyl (C=O) groups is 2. The zero-order chi connectivity index (χ0) is 24.6. The van der Waals surface area contributed by atoms with Gasteiger partial charge in [0.15, 0.2) is 17.2 Å². The summed E-state index contributed by atoms with van der Waals surface area (Å²) in [6.45, 7) is 2.74. The highest BCUT2D eigenvalue weighted by atomic mass is 35.5. The number of carbonyl (C=O) groups excluding carboxylic acids is 2. The molecule has 1 N–H and O–H groups in total. The molecule has 10 heteroatoms. The highest BCUT2D eigenvalue weighted by Gasteiger charge is 2.43. The van der Waals surface area contributed by atoms with Gasteiger partial charge in [-0.15, -0.1) is 0 Å². The van der Waals surface area contributed by atoms with Crippen LogP contribution in [0, 0.1) is 5.82 Å². The van der Waals surface area contributed by atoms with E-state index in [9.17, 15) is 23.9 Å². The molecular weight excluding hydrogens is 465 g/mol. The first-order chi connectivity index (χ1) is 16.3. The number of fused-ring (bicyclic) bond motifs is 3. The molecule has 182 valence electrons. The average molecular weight is 492 g/mol. The van der Waals surface area contributed by atoms with Crippen molar-refractivity contribution in [3.63, 3.8) is 0 Å². The number of aryl methyl sites for hydroxylation is 1. The molecule has 2 aliphatic heterocycles. The molecule has 1 aromatic heterocycles. The molecule has 8 nitrogen and oxygen atoms in total. The summed E-state index contributed by atoms with van der Waals surface area (Å²) in [6.07, 6.45) is 3.43. The fourth-order valence-corrected chi connectivity index (χ4v) is 5.01. The quantitative estimate of drug-likeness (QED) is 0.598. The zero-order valence-electron chi connectivity index (χ0n) is 19.1. The van der Waals surface area contributed by atoms with Crippen molar-refractivity contribution in [2.24, 2.45) is 0 Å². The number of benzene rings is 1. The van der Waals surface area contributed by atoms with Crippen LogP contribution in [0.15, 0.2) is 29.2 Å². The van der Waals surface area contributed by atoms with Crippen LogP contribution in [0.4, 0.5) is 4.39 Å². The van der Waals surface area contributed by atoms with Crippen molar-refractivity contribution >= 4 is 23.3 Å². The topological polar surface area (TPSA) is 92.1 Å². The molecular formula is C24H27ClFN3O5. The van der Waals surface area contributed by atoms with Gasteiger partial charge in [-0.25, -0.2) is 4.39 Å². The third-order valence-corrected chi connectivity index (χ3v) is 6.77. The number of rotatable bonds is 7. The summed E-state index contributed by atoms with van der Waals surface area (Å²) < 4.78 is 20.9. The van der Waals surface area contributed by atoms with Gasteiger partial charge < -0.3 is 14.7 Å². The number of halogens is 2. The van der Waals surface area contributed by atoms with Crippen LogP contribution in [0.25, 0.3) is 0 Å². The Bertz CT molecular complexity index is 1180. The number of pyridine rings is 1. The largest absolute Gasteiger partial charge is 0.502 e. The summed E-state index contributed by atoms with van der Waals surface area (Å²) in [5.74, 6) is -2.40. The van der Waals surface area contributed by atoms with Gasteiger partial charge in [-0.3, -0.25) is 24.1 Å². The maximum absolute atomic E-state index is 14.2. The van der Waals surface area contributed by atoms with Crippen LogP contribution < -0.4 is 10.4 Å². The van der Waals surface area contributed by atoms with Crippen molar-refractivity contribution in [2.75, 3.05) is 25.3 Å². The van der Waals surface area contributed by atoms with Crippen LogP contribution in [0.2, 0.25) is 5.02 Å². The molecule has 1 fully saturated rings. The van der Waals surface area contributed by atoms with Crippen molar-refractivity contribution in [2.45, 2.75) is 51.2 Å². The number of ketones is 1. The second-order valence-corrected chi connectivity index (χ2v) is 9.11. The zero-order valence-corrected chi connectivity index (χ0v) is 19.8. The first-order valence-electron chi connectivity index (χ1n) is 11.3. The minimum atomic E-state index is -0.911. The Labute approximate surface area is 201 Å². The summed E-state index contributed by atoms with van der Waals surface area (Å²) in [7, 11) is 1.55. The van der Waals surface area contributed by atoms with E-state index in [2.05, 4.69) is 0 Å². The summed E-state index contributed by atoms with van der Waals surface area (Å²) in [5.41, 5.74) is -1.05. The van der Waals surface area contributed by atoms with Crippen LogP contribution in [0.1, 0.15) is 59.0 Å². The molecule has 4 rings (SSSR count). The van der Waals surface area contributed by atoms with E-state index in [1.165, 1.54) is 23.0 Å². The normalized spacial score (nSPS) is 18.5. The first kappa shape index (κ1) is 24.2. The monoisotopic (exact) mass is 491 g/mol. The molecule has 1 amide bonds. The molecule has 2 atom stereocenters. The predicted octanol–water partition coefficient (Wildman–Crippen LogP) is 3.10. The predicted molar refractivity (Wildman–Crippen MR) is 125 cm³/mol. The summed E-state index contributed by atoms with van der Waals surface area (Å²) in [4.78, 5) is 40.9. The lowest BCUT2D eigenvalue weighted by Gasteiger charge is -2.50. The van der Waals surface area contributed by atoms with E-state index >= 15 is 0 Å². The molecule has 1 aromatic carbocycles. The van der Waals surface area contributed by atoms with Gasteiger partial charge >= 0.3 is 0 Å². The van der Waals surface area contributed by atoms with E-state index in [0.717, 1.165) is 12.8 Å². The third kappa shape index (κ3) is 4.18. The van der Waals surface area contributed by atoms with Crippen LogP contribution >= 0.6 is 11.6 Å². The van der Waals surface area contributed by atoms with Gasteiger partial charge in [0.1, 0.15) is 12.0 Å². The molecule has 0 spiro atoms. The Morgan fingerprint density at radius 1 is 1.32 bits per heavy atom. The van der Waals surface area contributed by atoms with Crippen molar-refractivity contribution in [1.29, 1.82) is 0 Å². The standard InChI is InChI=1S/C24H27ClFN3O5/c1-14(13-34-2)29-19-8-3-4-11-27(19)28-12-16(22(31)23(32)21(28)24(29)33)18(30)10-9-15-6-5-7-17(25)20(15)26/h5-7,12,14,19,32H,3-4,8-11,13H2,1-2H3/t14-,19-/m1/s1. The second-order valence-electron chi connectivity index (χ2n) is 8.71. The number of nitrogens with zero attached hydrogens (tertiary/aromatic N) is 3. The Kier molecular flexibility index (Phi) is 6.95. The van der Waals surface area contributed by atoms with Gasteiger partial charge in [-0.05, 0) is 44.2 Å². The minimum absolute atomic E-state index is 0.0424. The maximum Gasteiger partial charge on any atom is 0.278 e. The van der Waals surface area contributed by atoms with E-state index in [1.54, 1.807) is 18.1 Å². The Balaban J connectivity index is 1.70. The summed E-state index contributed by atoms with van der Waals surface area (Å²) in [5, 5.41) is 12.6. The molecule has 3 heterocycles. The Hall–Kier alpha value is -2.91. The number of methoxy groups -OCH3 is 1. The number of Topliss-reactive ketones (excluding diaryl/α,β-unsaturated/α-hetero) is 1. The molecule has 0 saturated carbocycles. The van der Waals surface area contributed by atoms with E-state index in [1.807, 2.05) is 11.9 Å². The number of amides is 1. The number of hydrogen-bond acceptors (Lipinski definition) is 6. The average Bonchev–Trinajstić information content (AvgIpc) is 2.82. The van der Waals surface area contributed by atoms with E-state index < -0.39 is 28.7 Å². The van der Waals surface area contributed by atoms with Gasteiger partial charge in [0.2, 0.25) is 5.43 Å². The molecule has 0 radical (unpaired) electrons. The third-order valence-electron chi connectivity index (χ3n) is 6.48. The SMILES string of the molecule is COC[C@@H](C)N1C(=O)c2c(O)c(=O)c(C(=O)CCc3cccc(Cl)c3F)cn2N2CCCC[C@@H]12. The molecule has 0 unspecified atom stereocenters. The Morgan fingerprint density at radius 2 is 2.09 bits per heavy atom. The van der Waals surface area contributed by atoms with Crippen LogP contribution in [0.3, 0.4) is 0 Å². The fourth-order valence-electron chi connectivity index (χ4n) is 4.82. The lowest BCUT2D eigenvalue weighted by atomic mass is 10.0. The number of ether oxygens (including phenoxy) is 1. The highest BCUT2D eigenvalue weighted by Crippen LogP contribution is 2.31. The van der Waals surface area contributed by atoms with Crippen LogP contribution in [0.5, 0.6) is 5.75 Å². The highest BCUT2D eigenvalue weighted by molar-refractivity contribution is 6.30. The van der Waals surface area contributed by atoms with E-state index in [4.69, 9.17) is 16.3 Å². The number of aromatic hydroxyl groups is 1. The van der Waals surface area contributed by atoms with Crippen LogP contribution in [-0.2, 0) is 11.2 Å². The smallest absolute Gasteiger partial charge is 0.278 e. The first-order valence-corrected chi connectivity index (χ1v) is 11.7. The maximum atomic E-state index is 14.2. The van der Waals surface area contributed by atoms with E-state index in [0.29, 0.717) is 19.6 Å². The lowest BCUT2D eigenvalue weighted by molar-refractivity contribution is 0.0245. The molecule has 1 saturated heterocycles. The van der Waals surface area contributed by atoms with E-state index in [-0.39, 0.29) is 46.9 Å². The van der Waals surface area contributed by atoms with Crippen molar-refractivity contribution in [3.05, 3.63) is 62.3 Å².